The third kappa shape index (κ3) is 6.79. The fraction of sp³-hybridized carbons (Fsp3) is 0.579. The minimum atomic E-state index is -3.55. The van der Waals surface area contributed by atoms with Gasteiger partial charge in [-0.3, -0.25) is 19.2 Å². The zero-order chi connectivity index (χ0) is 36.8. The van der Waals surface area contributed by atoms with Crippen LogP contribution in [0.4, 0.5) is 21.2 Å². The van der Waals surface area contributed by atoms with Crippen LogP contribution < -0.4 is 26.2 Å². The molecule has 5 N–H and O–H groups in total. The first-order valence-electron chi connectivity index (χ1n) is 18.8. The Labute approximate surface area is 305 Å². The zero-order valence-electron chi connectivity index (χ0n) is 30.3. The number of aliphatic hydroxyl groups is 1. The molecule has 0 saturated carbocycles. The summed E-state index contributed by atoms with van der Waals surface area (Å²) in [7, 11) is -3.55. The Bertz CT molecular complexity index is 1710. The minimum Gasteiger partial charge on any atom is -0.394 e. The summed E-state index contributed by atoms with van der Waals surface area (Å²) in [5.74, 6) is -1.47. The smallest absolute Gasteiger partial charge is 0.264 e. The second-order valence-corrected chi connectivity index (χ2v) is 19.4. The molecule has 2 aromatic carbocycles. The first-order chi connectivity index (χ1) is 24.9. The van der Waals surface area contributed by atoms with Crippen molar-refractivity contribution >= 4 is 49.1 Å². The zero-order valence-corrected chi connectivity index (χ0v) is 31.3. The molecule has 0 aromatic heterocycles. The highest BCUT2D eigenvalue weighted by atomic mass is 28.4. The summed E-state index contributed by atoms with van der Waals surface area (Å²) in [6, 6.07) is 11.9. The van der Waals surface area contributed by atoms with Crippen molar-refractivity contribution in [2.45, 2.75) is 107 Å². The standard InChI is InChI=1S/C38H51FN6O6Si/c1-23-34(52(2,3)39)32(20-33(47)44-17-7-10-27(44)22-46)51-38(23)28-19-26(43-36(49)30-12-6-16-41-30)13-14-31(28)45(37(38)50)21-24-8-4-9-25(18-24)42-35(48)29-11-5-15-40-29/h4,8-9,13-14,18-19,23,27,29-30,32,34,40-41,46H,5-7,10-12,15-17,20-22H2,1-3H3,(H,42,48)(H,43,49)/t23-,27-,29+,30+,32+,34-,38+/m0/s1. The van der Waals surface area contributed by atoms with Crippen LogP contribution in [0.15, 0.2) is 42.5 Å². The quantitative estimate of drug-likeness (QED) is 0.183. The first-order valence-corrected chi connectivity index (χ1v) is 21.8. The van der Waals surface area contributed by atoms with E-state index in [-0.39, 0.29) is 61.3 Å². The molecule has 14 heteroatoms. The Morgan fingerprint density at radius 1 is 0.981 bits per heavy atom. The molecule has 7 rings (SSSR count). The van der Waals surface area contributed by atoms with Crippen molar-refractivity contribution in [1.29, 1.82) is 0 Å². The monoisotopic (exact) mass is 734 g/mol. The third-order valence-electron chi connectivity index (χ3n) is 11.8. The second-order valence-electron chi connectivity index (χ2n) is 15.6. The molecule has 52 heavy (non-hydrogen) atoms. The number of nitrogens with one attached hydrogen (secondary N) is 4. The van der Waals surface area contributed by atoms with Gasteiger partial charge in [0, 0.05) is 34.9 Å². The maximum atomic E-state index is 16.5. The van der Waals surface area contributed by atoms with E-state index in [4.69, 9.17) is 4.74 Å². The largest absolute Gasteiger partial charge is 0.394 e. The van der Waals surface area contributed by atoms with E-state index in [1.165, 1.54) is 0 Å². The van der Waals surface area contributed by atoms with Gasteiger partial charge in [-0.1, -0.05) is 19.1 Å². The van der Waals surface area contributed by atoms with E-state index < -0.39 is 31.6 Å². The van der Waals surface area contributed by atoms with Gasteiger partial charge in [-0.25, -0.2) is 0 Å². The number of ether oxygens (including phenoxy) is 1. The van der Waals surface area contributed by atoms with Crippen molar-refractivity contribution in [1.82, 2.24) is 15.5 Å². The van der Waals surface area contributed by atoms with Crippen LogP contribution in [-0.2, 0) is 36.1 Å². The number of rotatable bonds is 10. The number of halogens is 1. The highest BCUT2D eigenvalue weighted by molar-refractivity contribution is 6.72. The van der Waals surface area contributed by atoms with Crippen molar-refractivity contribution in [2.24, 2.45) is 5.92 Å². The highest BCUT2D eigenvalue weighted by Gasteiger charge is 2.67. The Hall–Kier alpha value is -3.69. The molecule has 0 radical (unpaired) electrons. The lowest BCUT2D eigenvalue weighted by atomic mass is 9.82. The lowest BCUT2D eigenvalue weighted by Gasteiger charge is -2.31. The van der Waals surface area contributed by atoms with Gasteiger partial charge in [-0.05, 0) is 101 Å². The van der Waals surface area contributed by atoms with E-state index in [2.05, 4.69) is 21.3 Å². The van der Waals surface area contributed by atoms with Crippen molar-refractivity contribution < 1.29 is 33.1 Å². The lowest BCUT2D eigenvalue weighted by molar-refractivity contribution is -0.150. The van der Waals surface area contributed by atoms with Crippen LogP contribution in [0.2, 0.25) is 18.6 Å². The summed E-state index contributed by atoms with van der Waals surface area (Å²) in [6.07, 6.45) is 3.87. The molecule has 2 aromatic rings. The molecule has 0 bridgehead atoms. The van der Waals surface area contributed by atoms with Crippen LogP contribution in [0.5, 0.6) is 0 Å². The summed E-state index contributed by atoms with van der Waals surface area (Å²) in [5.41, 5.74) is 0.726. The van der Waals surface area contributed by atoms with Gasteiger partial charge in [0.15, 0.2) is 5.60 Å². The molecule has 0 unspecified atom stereocenters. The Balaban J connectivity index is 1.23. The number of anilines is 3. The molecule has 7 atom stereocenters. The van der Waals surface area contributed by atoms with Gasteiger partial charge in [-0.15, -0.1) is 0 Å². The van der Waals surface area contributed by atoms with Crippen LogP contribution in [0.3, 0.4) is 0 Å². The van der Waals surface area contributed by atoms with E-state index >= 15 is 8.90 Å². The van der Waals surface area contributed by atoms with Crippen molar-refractivity contribution in [3.05, 3.63) is 53.6 Å². The van der Waals surface area contributed by atoms with E-state index in [0.29, 0.717) is 35.6 Å². The molecule has 280 valence electrons. The summed E-state index contributed by atoms with van der Waals surface area (Å²) < 4.78 is 23.4. The predicted octanol–water partition coefficient (Wildman–Crippen LogP) is 3.76. The topological polar surface area (TPSA) is 152 Å². The van der Waals surface area contributed by atoms with Gasteiger partial charge in [-0.2, -0.15) is 0 Å². The van der Waals surface area contributed by atoms with Gasteiger partial charge >= 0.3 is 0 Å². The molecule has 4 amide bonds. The molecular formula is C38H51FN6O6Si. The number of nitrogens with zero attached hydrogens (tertiary/aromatic N) is 2. The van der Waals surface area contributed by atoms with Crippen LogP contribution >= 0.6 is 0 Å². The highest BCUT2D eigenvalue weighted by Crippen LogP contribution is 2.60. The van der Waals surface area contributed by atoms with E-state index in [1.54, 1.807) is 41.1 Å². The number of benzene rings is 2. The average molecular weight is 735 g/mol. The molecular weight excluding hydrogens is 684 g/mol. The van der Waals surface area contributed by atoms with E-state index in [1.807, 2.05) is 31.2 Å². The van der Waals surface area contributed by atoms with Crippen LogP contribution in [-0.4, -0.2) is 92.5 Å². The number of likely N-dealkylation sites (tertiary alicyclic amines) is 1. The normalized spacial score (nSPS) is 30.0. The van der Waals surface area contributed by atoms with Crippen molar-refractivity contribution in [2.75, 3.05) is 41.8 Å². The van der Waals surface area contributed by atoms with Gasteiger partial charge in [0.25, 0.3) is 5.91 Å². The maximum Gasteiger partial charge on any atom is 0.264 e. The molecule has 5 aliphatic rings. The predicted molar refractivity (Wildman–Crippen MR) is 198 cm³/mol. The Kier molecular flexibility index (Phi) is 10.3. The number of hydrogen-bond acceptors (Lipinski definition) is 8. The summed E-state index contributed by atoms with van der Waals surface area (Å²) in [6.45, 7) is 7.16. The minimum absolute atomic E-state index is 0.0996. The Morgan fingerprint density at radius 3 is 2.27 bits per heavy atom. The molecule has 5 heterocycles. The molecule has 0 aliphatic carbocycles. The molecule has 4 saturated heterocycles. The van der Waals surface area contributed by atoms with E-state index in [9.17, 15) is 19.5 Å². The molecule has 1 spiro atoms. The van der Waals surface area contributed by atoms with Crippen molar-refractivity contribution in [3.8, 4) is 0 Å². The second kappa shape index (κ2) is 14.6. The van der Waals surface area contributed by atoms with Gasteiger partial charge < -0.3 is 45.0 Å². The summed E-state index contributed by atoms with van der Waals surface area (Å²) in [5, 5.41) is 22.4. The molecule has 4 fully saturated rings. The SMILES string of the molecule is C[C@H]1[C@H]([Si](C)(C)F)[C@@H](CC(=O)N2CCC[C@H]2CO)O[C@]12C(=O)N(Cc1cccc(NC(=O)[C@H]3CCCN3)c1)c1ccc(NC(=O)[C@H]3CCCN3)cc12. The number of hydrogen-bond donors (Lipinski definition) is 5. The average Bonchev–Trinajstić information content (AvgIpc) is 3.95. The summed E-state index contributed by atoms with van der Waals surface area (Å²) in [4.78, 5) is 58.1. The first kappa shape index (κ1) is 36.7. The number of amides is 4. The van der Waals surface area contributed by atoms with E-state index in [0.717, 1.165) is 50.8 Å². The Morgan fingerprint density at radius 2 is 1.65 bits per heavy atom. The number of carbonyl (C=O) groups is 4. The molecule has 5 aliphatic heterocycles. The third-order valence-corrected chi connectivity index (χ3v) is 14.3. The molecule has 12 nitrogen and oxygen atoms in total. The van der Waals surface area contributed by atoms with Crippen LogP contribution in [0.25, 0.3) is 0 Å². The van der Waals surface area contributed by atoms with Crippen LogP contribution in [0, 0.1) is 5.92 Å². The lowest BCUT2D eigenvalue weighted by Crippen LogP contribution is -2.45. The fourth-order valence-corrected chi connectivity index (χ4v) is 11.8. The fourth-order valence-electron chi connectivity index (χ4n) is 9.33. The summed E-state index contributed by atoms with van der Waals surface area (Å²) >= 11 is 0. The van der Waals surface area contributed by atoms with Gasteiger partial charge in [0.1, 0.15) is 0 Å². The number of aliphatic hydroxyl groups excluding tert-OH is 1. The van der Waals surface area contributed by atoms with Gasteiger partial charge in [0.2, 0.25) is 26.1 Å². The number of fused-ring (bicyclic) bond motifs is 2. The maximum absolute atomic E-state index is 16.5. The van der Waals surface area contributed by atoms with Gasteiger partial charge in [0.05, 0.1) is 49.5 Å². The number of carbonyl (C=O) groups excluding carboxylic acids is 4. The van der Waals surface area contributed by atoms with Crippen LogP contribution in [0.1, 0.15) is 63.0 Å². The van der Waals surface area contributed by atoms with Crippen molar-refractivity contribution in [3.63, 3.8) is 0 Å².